The van der Waals surface area contributed by atoms with E-state index < -0.39 is 0 Å². The maximum Gasteiger partial charge on any atom is 0.339 e. The first-order valence-corrected chi connectivity index (χ1v) is 11.6. The van der Waals surface area contributed by atoms with Crippen LogP contribution in [0.2, 0.25) is 0 Å². The average molecular weight is 484 g/mol. The number of esters is 1. The van der Waals surface area contributed by atoms with Gasteiger partial charge in [-0.2, -0.15) is 0 Å². The number of cyclic esters (lactones) is 1. The van der Waals surface area contributed by atoms with Crippen LogP contribution in [0.5, 0.6) is 11.5 Å². The maximum absolute atomic E-state index is 12.7. The third-order valence-corrected chi connectivity index (χ3v) is 6.70. The highest BCUT2D eigenvalue weighted by molar-refractivity contribution is 6.11. The van der Waals surface area contributed by atoms with Gasteiger partial charge in [-0.1, -0.05) is 19.8 Å². The van der Waals surface area contributed by atoms with Gasteiger partial charge in [0, 0.05) is 41.7 Å². The first-order chi connectivity index (χ1) is 16.1. The molecule has 0 spiro atoms. The van der Waals surface area contributed by atoms with Crippen LogP contribution in [0.3, 0.4) is 0 Å². The van der Waals surface area contributed by atoms with Gasteiger partial charge in [-0.25, -0.2) is 14.8 Å². The fourth-order valence-electron chi connectivity index (χ4n) is 5.15. The van der Waals surface area contributed by atoms with Crippen molar-refractivity contribution in [2.75, 3.05) is 25.7 Å². The summed E-state index contributed by atoms with van der Waals surface area (Å²) in [5.74, 6) is 1.68. The minimum Gasteiger partial charge on any atom is -0.493 e. The molecule has 0 saturated heterocycles. The van der Waals surface area contributed by atoms with Crippen LogP contribution in [0.15, 0.2) is 30.6 Å². The van der Waals surface area contributed by atoms with Crippen molar-refractivity contribution in [3.8, 4) is 22.6 Å². The first-order valence-electron chi connectivity index (χ1n) is 11.6. The number of methoxy groups -OCH3 is 2. The van der Waals surface area contributed by atoms with Gasteiger partial charge in [-0.3, -0.25) is 0 Å². The van der Waals surface area contributed by atoms with E-state index in [9.17, 15) is 4.79 Å². The molecule has 0 bridgehead atoms. The molecule has 2 aromatic carbocycles. The SMILES string of the molecule is CCCN(c1ncc(-c2c3c(cc4cc(OC)c(OC)cc24)COC3=O)cn1)C1CCCC1.Cl. The fourth-order valence-corrected chi connectivity index (χ4v) is 5.15. The Morgan fingerprint density at radius 3 is 2.35 bits per heavy atom. The van der Waals surface area contributed by atoms with Crippen molar-refractivity contribution in [1.82, 2.24) is 9.97 Å². The summed E-state index contributed by atoms with van der Waals surface area (Å²) in [4.78, 5) is 24.5. The van der Waals surface area contributed by atoms with Gasteiger partial charge in [0.15, 0.2) is 11.5 Å². The summed E-state index contributed by atoms with van der Waals surface area (Å²) in [5, 5.41) is 1.82. The molecule has 2 heterocycles. The van der Waals surface area contributed by atoms with E-state index in [1.165, 1.54) is 25.7 Å². The number of halogens is 1. The van der Waals surface area contributed by atoms with E-state index in [4.69, 9.17) is 24.2 Å². The Morgan fingerprint density at radius 1 is 1.03 bits per heavy atom. The summed E-state index contributed by atoms with van der Waals surface area (Å²) in [6, 6.07) is 6.33. The highest BCUT2D eigenvalue weighted by Gasteiger charge is 2.29. The molecular formula is C26H30ClN3O4. The molecule has 0 atom stereocenters. The second-order valence-corrected chi connectivity index (χ2v) is 8.69. The topological polar surface area (TPSA) is 73.8 Å². The van der Waals surface area contributed by atoms with Crippen LogP contribution in [0, 0.1) is 0 Å². The lowest BCUT2D eigenvalue weighted by atomic mass is 9.91. The number of hydrogen-bond acceptors (Lipinski definition) is 7. The number of carbonyl (C=O) groups is 1. The van der Waals surface area contributed by atoms with Gasteiger partial charge in [0.05, 0.1) is 19.8 Å². The van der Waals surface area contributed by atoms with Crippen LogP contribution in [0.1, 0.15) is 54.9 Å². The zero-order valence-corrected chi connectivity index (χ0v) is 20.6. The Kier molecular flexibility index (Phi) is 7.12. The number of hydrogen-bond donors (Lipinski definition) is 0. The smallest absolute Gasteiger partial charge is 0.339 e. The highest BCUT2D eigenvalue weighted by atomic mass is 35.5. The average Bonchev–Trinajstić information content (AvgIpc) is 3.51. The van der Waals surface area contributed by atoms with Gasteiger partial charge in [0.1, 0.15) is 6.61 Å². The van der Waals surface area contributed by atoms with E-state index in [2.05, 4.69) is 11.8 Å². The lowest BCUT2D eigenvalue weighted by molar-refractivity contribution is 0.0535. The first kappa shape index (κ1) is 24.1. The minimum atomic E-state index is -0.320. The Balaban J connectivity index is 0.00000274. The molecule has 8 heteroatoms. The molecule has 0 unspecified atom stereocenters. The minimum absolute atomic E-state index is 0. The summed E-state index contributed by atoms with van der Waals surface area (Å²) in [6.45, 7) is 3.39. The molecular weight excluding hydrogens is 454 g/mol. The zero-order valence-electron chi connectivity index (χ0n) is 19.8. The number of fused-ring (bicyclic) bond motifs is 2. The molecule has 0 N–H and O–H groups in total. The second-order valence-electron chi connectivity index (χ2n) is 8.69. The Labute approximate surface area is 205 Å². The van der Waals surface area contributed by atoms with Crippen LogP contribution in [-0.4, -0.2) is 42.7 Å². The number of anilines is 1. The molecule has 5 rings (SSSR count). The monoisotopic (exact) mass is 483 g/mol. The molecule has 0 radical (unpaired) electrons. The summed E-state index contributed by atoms with van der Waals surface area (Å²) < 4.78 is 16.4. The summed E-state index contributed by atoms with van der Waals surface area (Å²) in [7, 11) is 3.22. The number of nitrogens with zero attached hydrogens (tertiary/aromatic N) is 3. The molecule has 2 aliphatic rings. The largest absolute Gasteiger partial charge is 0.493 e. The van der Waals surface area contributed by atoms with Gasteiger partial charge >= 0.3 is 5.97 Å². The van der Waals surface area contributed by atoms with Crippen LogP contribution < -0.4 is 14.4 Å². The van der Waals surface area contributed by atoms with E-state index in [1.54, 1.807) is 14.2 Å². The van der Waals surface area contributed by atoms with E-state index in [1.807, 2.05) is 30.6 Å². The molecule has 34 heavy (non-hydrogen) atoms. The van der Waals surface area contributed by atoms with E-state index >= 15 is 0 Å². The second kappa shape index (κ2) is 10.1. The number of carbonyl (C=O) groups excluding carboxylic acids is 1. The fraction of sp³-hybridized carbons (Fsp3) is 0.423. The molecule has 1 aliphatic carbocycles. The molecule has 7 nitrogen and oxygen atoms in total. The Hall–Kier alpha value is -3.06. The van der Waals surface area contributed by atoms with Crippen molar-refractivity contribution in [1.29, 1.82) is 0 Å². The molecule has 3 aromatic rings. The molecule has 180 valence electrons. The van der Waals surface area contributed by atoms with Crippen molar-refractivity contribution in [3.05, 3.63) is 41.7 Å². The molecule has 1 aliphatic heterocycles. The van der Waals surface area contributed by atoms with Crippen molar-refractivity contribution in [3.63, 3.8) is 0 Å². The van der Waals surface area contributed by atoms with Crippen molar-refractivity contribution < 1.29 is 19.0 Å². The number of rotatable bonds is 7. The summed E-state index contributed by atoms with van der Waals surface area (Å²) in [5.41, 5.74) is 3.00. The zero-order chi connectivity index (χ0) is 22.9. The van der Waals surface area contributed by atoms with Crippen LogP contribution in [0.25, 0.3) is 21.9 Å². The predicted molar refractivity (Wildman–Crippen MR) is 134 cm³/mol. The maximum atomic E-state index is 12.7. The van der Waals surface area contributed by atoms with E-state index in [0.29, 0.717) is 23.1 Å². The molecule has 1 fully saturated rings. The summed E-state index contributed by atoms with van der Waals surface area (Å²) >= 11 is 0. The third-order valence-electron chi connectivity index (χ3n) is 6.70. The number of benzene rings is 2. The summed E-state index contributed by atoms with van der Waals surface area (Å²) in [6.07, 6.45) is 9.61. The molecule has 0 amide bonds. The van der Waals surface area contributed by atoms with Crippen molar-refractivity contribution >= 4 is 35.1 Å². The molecule has 1 saturated carbocycles. The van der Waals surface area contributed by atoms with Crippen molar-refractivity contribution in [2.45, 2.75) is 51.7 Å². The predicted octanol–water partition coefficient (Wildman–Crippen LogP) is 5.57. The number of aromatic nitrogens is 2. The van der Waals surface area contributed by atoms with Gasteiger partial charge in [-0.15, -0.1) is 12.4 Å². The van der Waals surface area contributed by atoms with Crippen molar-refractivity contribution in [2.24, 2.45) is 0 Å². The lowest BCUT2D eigenvalue weighted by Gasteiger charge is -2.28. The van der Waals surface area contributed by atoms with Crippen LogP contribution in [-0.2, 0) is 11.3 Å². The lowest BCUT2D eigenvalue weighted by Crippen LogP contribution is -2.35. The van der Waals surface area contributed by atoms with E-state index in [-0.39, 0.29) is 25.0 Å². The quantitative estimate of drug-likeness (QED) is 0.407. The Bertz CT molecular complexity index is 1190. The van der Waals surface area contributed by atoms with E-state index in [0.717, 1.165) is 46.4 Å². The van der Waals surface area contributed by atoms with Gasteiger partial charge < -0.3 is 19.1 Å². The third kappa shape index (κ3) is 4.13. The van der Waals surface area contributed by atoms with Crippen LogP contribution in [0.4, 0.5) is 5.95 Å². The standard InChI is InChI=1S/C26H29N3O4.ClH/c1-4-9-29(19-7-5-6-8-19)26-27-13-18(14-28-26)23-20-12-22(32-3)21(31-2)11-16(20)10-17-15-33-25(30)24(17)23;/h10-14,19H,4-9,15H2,1-3H3;1H. The Morgan fingerprint density at radius 2 is 1.71 bits per heavy atom. The number of ether oxygens (including phenoxy) is 3. The van der Waals surface area contributed by atoms with Gasteiger partial charge in [0.2, 0.25) is 5.95 Å². The van der Waals surface area contributed by atoms with Crippen LogP contribution >= 0.6 is 12.4 Å². The van der Waals surface area contributed by atoms with Gasteiger partial charge in [-0.05, 0) is 48.2 Å². The normalized spacial score (nSPS) is 15.1. The van der Waals surface area contributed by atoms with Gasteiger partial charge in [0.25, 0.3) is 0 Å². The highest BCUT2D eigenvalue weighted by Crippen LogP contribution is 2.42. The molecule has 1 aromatic heterocycles.